The van der Waals surface area contributed by atoms with Crippen molar-refractivity contribution in [1.82, 2.24) is 19.4 Å². The van der Waals surface area contributed by atoms with Crippen LogP contribution in [0.25, 0.3) is 22.2 Å². The molecule has 0 spiro atoms. The van der Waals surface area contributed by atoms with Crippen molar-refractivity contribution in [3.8, 4) is 17.0 Å². The quantitative estimate of drug-likeness (QED) is 0.138. The molecule has 0 bridgehead atoms. The second kappa shape index (κ2) is 12.7. The molecule has 0 saturated heterocycles. The summed E-state index contributed by atoms with van der Waals surface area (Å²) in [5.74, 6) is 0.755. The zero-order chi connectivity index (χ0) is 30.8. The van der Waals surface area contributed by atoms with Gasteiger partial charge in [0, 0.05) is 66.0 Å². The van der Waals surface area contributed by atoms with Gasteiger partial charge < -0.3 is 29.7 Å². The summed E-state index contributed by atoms with van der Waals surface area (Å²) in [6, 6.07) is 8.59. The summed E-state index contributed by atoms with van der Waals surface area (Å²) in [6.07, 6.45) is 9.83. The number of nitrogens with zero attached hydrogens (tertiary/aromatic N) is 5. The molecule has 226 valence electrons. The summed E-state index contributed by atoms with van der Waals surface area (Å²) in [5.41, 5.74) is 7.90. The van der Waals surface area contributed by atoms with E-state index in [0.717, 1.165) is 30.0 Å². The highest BCUT2D eigenvalue weighted by molar-refractivity contribution is 7.98. The van der Waals surface area contributed by atoms with Crippen LogP contribution in [0.15, 0.2) is 54.2 Å². The van der Waals surface area contributed by atoms with Gasteiger partial charge in [-0.2, -0.15) is 0 Å². The van der Waals surface area contributed by atoms with Crippen LogP contribution in [-0.4, -0.2) is 72.9 Å². The van der Waals surface area contributed by atoms with E-state index < -0.39 is 0 Å². The second-order valence-corrected chi connectivity index (χ2v) is 12.1. The van der Waals surface area contributed by atoms with Crippen molar-refractivity contribution < 1.29 is 9.53 Å². The third kappa shape index (κ3) is 6.35. The number of likely N-dealkylation sites (N-methyl/N-ethyl adjacent to an activating group) is 2. The summed E-state index contributed by atoms with van der Waals surface area (Å²) in [5, 5.41) is 7.55. The fourth-order valence-corrected chi connectivity index (χ4v) is 6.31. The summed E-state index contributed by atoms with van der Waals surface area (Å²) >= 11 is 1.79. The molecule has 2 aromatic carbocycles. The first-order valence-electron chi connectivity index (χ1n) is 14.5. The molecule has 5 rings (SSSR count). The van der Waals surface area contributed by atoms with Crippen LogP contribution in [0.3, 0.4) is 0 Å². The Hall–Kier alpha value is -4.02. The van der Waals surface area contributed by atoms with Crippen LogP contribution < -0.4 is 20.3 Å². The van der Waals surface area contributed by atoms with Gasteiger partial charge in [-0.3, -0.25) is 4.79 Å². The first kappa shape index (κ1) is 30.4. The van der Waals surface area contributed by atoms with Crippen molar-refractivity contribution in [1.29, 1.82) is 0 Å². The van der Waals surface area contributed by atoms with E-state index in [-0.39, 0.29) is 5.91 Å². The van der Waals surface area contributed by atoms with Gasteiger partial charge in [0.1, 0.15) is 5.75 Å². The fraction of sp³-hybridized carbons (Fsp3) is 0.364. The number of methoxy groups -OCH3 is 1. The minimum atomic E-state index is -0.293. The number of hydrogen-bond acceptors (Lipinski definition) is 8. The minimum Gasteiger partial charge on any atom is -0.494 e. The van der Waals surface area contributed by atoms with Gasteiger partial charge in [0.15, 0.2) is 0 Å². The van der Waals surface area contributed by atoms with Crippen molar-refractivity contribution >= 4 is 51.6 Å². The number of amides is 1. The molecule has 1 amide bonds. The van der Waals surface area contributed by atoms with Crippen molar-refractivity contribution in [2.75, 3.05) is 63.1 Å². The largest absolute Gasteiger partial charge is 0.494 e. The van der Waals surface area contributed by atoms with Gasteiger partial charge in [0.2, 0.25) is 11.9 Å². The maximum atomic E-state index is 12.4. The van der Waals surface area contributed by atoms with Crippen LogP contribution in [0.5, 0.6) is 5.75 Å². The topological polar surface area (TPSA) is 87.5 Å². The Morgan fingerprint density at radius 1 is 1.19 bits per heavy atom. The van der Waals surface area contributed by atoms with E-state index in [0.29, 0.717) is 29.1 Å². The van der Waals surface area contributed by atoms with Crippen LogP contribution in [-0.2, 0) is 4.79 Å². The zero-order valence-electron chi connectivity index (χ0n) is 26.1. The van der Waals surface area contributed by atoms with E-state index in [1.807, 2.05) is 39.3 Å². The second-order valence-electron chi connectivity index (χ2n) is 11.3. The molecule has 1 saturated carbocycles. The summed E-state index contributed by atoms with van der Waals surface area (Å²) in [4.78, 5) is 27.4. The van der Waals surface area contributed by atoms with E-state index in [4.69, 9.17) is 9.72 Å². The van der Waals surface area contributed by atoms with E-state index in [1.54, 1.807) is 25.1 Å². The molecule has 2 aromatic heterocycles. The molecule has 4 aromatic rings. The Morgan fingerprint density at radius 3 is 2.60 bits per heavy atom. The standard InChI is InChI=1S/C33H41N7O2S/c1-9-30(41)35-25-17-26(29(42-7)18-27(25)39(6)15-14-38(4)5)37-33-34-13-12-24(36-33)23-19-40(22-10-11-22)28-16-20(2)32(43-8)21(3)31(23)28/h9,12-13,16-19,22H,1,10-11,14-15H2,2-8H3,(H,35,41)(H,34,36,37). The summed E-state index contributed by atoms with van der Waals surface area (Å²) in [7, 11) is 7.68. The molecule has 0 atom stereocenters. The number of anilines is 4. The zero-order valence-corrected chi connectivity index (χ0v) is 26.9. The average Bonchev–Trinajstić information content (AvgIpc) is 3.76. The van der Waals surface area contributed by atoms with E-state index >= 15 is 0 Å². The SMILES string of the molecule is C=CC(=O)Nc1cc(Nc2nccc(-c3cn(C4CC4)c4cc(C)c(SC)c(C)c34)n2)c(OC)cc1N(C)CCN(C)C. The van der Waals surface area contributed by atoms with Crippen molar-refractivity contribution in [3.05, 3.63) is 60.4 Å². The molecule has 9 nitrogen and oxygen atoms in total. The number of benzene rings is 2. The van der Waals surface area contributed by atoms with Crippen LogP contribution in [0.4, 0.5) is 23.0 Å². The summed E-state index contributed by atoms with van der Waals surface area (Å²) < 4.78 is 8.21. The molecule has 43 heavy (non-hydrogen) atoms. The lowest BCUT2D eigenvalue weighted by molar-refractivity contribution is -0.111. The molecule has 1 aliphatic rings. The Bertz CT molecular complexity index is 1680. The number of thioether (sulfide) groups is 1. The fourth-order valence-electron chi connectivity index (χ4n) is 5.52. The maximum Gasteiger partial charge on any atom is 0.247 e. The van der Waals surface area contributed by atoms with Gasteiger partial charge >= 0.3 is 0 Å². The van der Waals surface area contributed by atoms with Crippen LogP contribution >= 0.6 is 11.8 Å². The maximum absolute atomic E-state index is 12.4. The number of rotatable bonds is 12. The first-order valence-corrected chi connectivity index (χ1v) is 15.7. The number of nitrogens with one attached hydrogen (secondary N) is 2. The molecule has 0 aliphatic heterocycles. The smallest absolute Gasteiger partial charge is 0.247 e. The number of ether oxygens (including phenoxy) is 1. The number of carbonyl (C=O) groups is 1. The normalized spacial score (nSPS) is 12.9. The number of fused-ring (bicyclic) bond motifs is 1. The van der Waals surface area contributed by atoms with Crippen LogP contribution in [0, 0.1) is 13.8 Å². The Kier molecular flexibility index (Phi) is 8.98. The molecule has 0 radical (unpaired) electrons. The highest BCUT2D eigenvalue weighted by atomic mass is 32.2. The number of aryl methyl sites for hydroxylation is 2. The molecule has 1 aliphatic carbocycles. The van der Waals surface area contributed by atoms with Crippen molar-refractivity contribution in [2.45, 2.75) is 37.6 Å². The summed E-state index contributed by atoms with van der Waals surface area (Å²) in [6.45, 7) is 9.63. The van der Waals surface area contributed by atoms with Crippen molar-refractivity contribution in [3.63, 3.8) is 0 Å². The first-order chi connectivity index (χ1) is 20.6. The monoisotopic (exact) mass is 599 g/mol. The third-order valence-electron chi connectivity index (χ3n) is 7.88. The van der Waals surface area contributed by atoms with E-state index in [9.17, 15) is 4.79 Å². The van der Waals surface area contributed by atoms with Crippen LogP contribution in [0.2, 0.25) is 0 Å². The molecular weight excluding hydrogens is 558 g/mol. The number of hydrogen-bond donors (Lipinski definition) is 2. The van der Waals surface area contributed by atoms with Crippen molar-refractivity contribution in [2.24, 2.45) is 0 Å². The molecule has 0 unspecified atom stereocenters. The number of carbonyl (C=O) groups excluding carboxylic acids is 1. The van der Waals surface area contributed by atoms with Gasteiger partial charge in [-0.05, 0) is 82.4 Å². The third-order valence-corrected chi connectivity index (χ3v) is 8.91. The Morgan fingerprint density at radius 2 is 1.95 bits per heavy atom. The van der Waals surface area contributed by atoms with Crippen LogP contribution in [0.1, 0.15) is 30.0 Å². The lowest BCUT2D eigenvalue weighted by Gasteiger charge is -2.26. The van der Waals surface area contributed by atoms with Gasteiger partial charge in [0.25, 0.3) is 0 Å². The number of aromatic nitrogens is 3. The predicted octanol–water partition coefficient (Wildman–Crippen LogP) is 6.65. The Balaban J connectivity index is 1.55. The lowest BCUT2D eigenvalue weighted by atomic mass is 10.0. The Labute approximate surface area is 258 Å². The van der Waals surface area contributed by atoms with E-state index in [2.05, 4.69) is 68.9 Å². The molecule has 2 heterocycles. The van der Waals surface area contributed by atoms with Gasteiger partial charge in [-0.1, -0.05) is 6.58 Å². The van der Waals surface area contributed by atoms with E-state index in [1.165, 1.54) is 45.8 Å². The highest BCUT2D eigenvalue weighted by Crippen LogP contribution is 2.44. The average molecular weight is 600 g/mol. The molecular formula is C33H41N7O2S. The molecule has 2 N–H and O–H groups in total. The predicted molar refractivity (Wildman–Crippen MR) is 179 cm³/mol. The molecule has 1 fully saturated rings. The molecule has 10 heteroatoms. The van der Waals surface area contributed by atoms with Gasteiger partial charge in [-0.15, -0.1) is 11.8 Å². The minimum absolute atomic E-state index is 0.293. The van der Waals surface area contributed by atoms with Gasteiger partial charge in [0.05, 0.1) is 29.9 Å². The highest BCUT2D eigenvalue weighted by Gasteiger charge is 2.28. The van der Waals surface area contributed by atoms with Gasteiger partial charge in [-0.25, -0.2) is 9.97 Å². The lowest BCUT2D eigenvalue weighted by Crippen LogP contribution is -2.29.